The summed E-state index contributed by atoms with van der Waals surface area (Å²) in [7, 11) is 0. The van der Waals surface area contributed by atoms with Gasteiger partial charge in [-0.1, -0.05) is 0 Å². The van der Waals surface area contributed by atoms with Gasteiger partial charge in [-0.15, -0.1) is 10.2 Å². The maximum atomic E-state index is 9.55. The number of rotatable bonds is 5. The quantitative estimate of drug-likeness (QED) is 0.740. The maximum Gasteiger partial charge on any atom is 0.328 e. The van der Waals surface area contributed by atoms with Gasteiger partial charge in [0.1, 0.15) is 11.8 Å². The van der Waals surface area contributed by atoms with Crippen LogP contribution in [-0.4, -0.2) is 63.0 Å². The van der Waals surface area contributed by atoms with Crippen LogP contribution in [0.15, 0.2) is 47.1 Å². The molecule has 0 aliphatic carbocycles. The Labute approximate surface area is 161 Å². The molecule has 0 spiro atoms. The van der Waals surface area contributed by atoms with Crippen molar-refractivity contribution in [3.8, 4) is 17.3 Å². The molecule has 2 aromatic rings. The normalized spacial score (nSPS) is 23.1. The van der Waals surface area contributed by atoms with Crippen molar-refractivity contribution in [2.45, 2.75) is 18.9 Å². The predicted octanol–water partition coefficient (Wildman–Crippen LogP) is 1.92. The van der Waals surface area contributed by atoms with Crippen molar-refractivity contribution >= 4 is 11.9 Å². The van der Waals surface area contributed by atoms with Gasteiger partial charge in [-0.3, -0.25) is 4.90 Å². The minimum atomic E-state index is -1.26. The van der Waals surface area contributed by atoms with Crippen LogP contribution in [0.1, 0.15) is 12.8 Å². The lowest BCUT2D eigenvalue weighted by Gasteiger charge is -2.44. The first-order valence-electron chi connectivity index (χ1n) is 8.92. The molecule has 3 aliphatic heterocycles. The zero-order chi connectivity index (χ0) is 19.9. The van der Waals surface area contributed by atoms with E-state index < -0.39 is 11.9 Å². The molecule has 148 valence electrons. The number of carbonyl (C=O) groups is 2. The van der Waals surface area contributed by atoms with Crippen LogP contribution in [0.2, 0.25) is 0 Å². The molecule has 0 amide bonds. The smallest absolute Gasteiger partial charge is 0.328 e. The Bertz CT molecular complexity index is 795. The largest absolute Gasteiger partial charge is 0.478 e. The molecule has 1 unspecified atom stereocenters. The second-order valence-corrected chi connectivity index (χ2v) is 6.54. The summed E-state index contributed by atoms with van der Waals surface area (Å²) in [4.78, 5) is 21.6. The molecule has 2 bridgehead atoms. The van der Waals surface area contributed by atoms with Crippen molar-refractivity contribution in [2.24, 2.45) is 5.92 Å². The molecule has 0 aromatic carbocycles. The lowest BCUT2D eigenvalue weighted by molar-refractivity contribution is -0.134. The van der Waals surface area contributed by atoms with E-state index in [9.17, 15) is 9.59 Å². The summed E-state index contributed by atoms with van der Waals surface area (Å²) in [6.45, 7) is 3.45. The lowest BCUT2D eigenvalue weighted by Crippen LogP contribution is -2.52. The van der Waals surface area contributed by atoms with Crippen LogP contribution < -0.4 is 4.74 Å². The van der Waals surface area contributed by atoms with Crippen LogP contribution in [0.25, 0.3) is 11.5 Å². The van der Waals surface area contributed by atoms with E-state index in [1.165, 1.54) is 25.9 Å². The summed E-state index contributed by atoms with van der Waals surface area (Å²) >= 11 is 0. The Kier molecular flexibility index (Phi) is 6.38. The number of fused-ring (bicyclic) bond motifs is 3. The molecule has 5 rings (SSSR count). The number of ether oxygens (including phenoxy) is 1. The molecule has 3 fully saturated rings. The van der Waals surface area contributed by atoms with E-state index in [0.717, 1.165) is 18.0 Å². The Hall–Kier alpha value is -3.20. The third-order valence-corrected chi connectivity index (χ3v) is 4.65. The lowest BCUT2D eigenvalue weighted by atomic mass is 9.86. The number of carboxylic acids is 2. The van der Waals surface area contributed by atoms with Crippen molar-refractivity contribution in [2.75, 3.05) is 19.6 Å². The van der Waals surface area contributed by atoms with Gasteiger partial charge < -0.3 is 19.4 Å². The molecule has 9 heteroatoms. The first-order chi connectivity index (χ1) is 13.5. The highest BCUT2D eigenvalue weighted by Crippen LogP contribution is 2.30. The number of carboxylic acid groups (broad SMARTS) is 2. The van der Waals surface area contributed by atoms with Gasteiger partial charge in [0, 0.05) is 24.8 Å². The summed E-state index contributed by atoms with van der Waals surface area (Å²) in [5.41, 5.74) is 0.733. The fraction of sp³-hybridized carbons (Fsp3) is 0.368. The van der Waals surface area contributed by atoms with E-state index >= 15 is 0 Å². The number of hydrogen-bond acceptors (Lipinski definition) is 7. The van der Waals surface area contributed by atoms with Crippen molar-refractivity contribution in [1.29, 1.82) is 0 Å². The predicted molar refractivity (Wildman–Crippen MR) is 97.7 cm³/mol. The maximum absolute atomic E-state index is 9.55. The third-order valence-electron chi connectivity index (χ3n) is 4.65. The Morgan fingerprint density at radius 3 is 2.29 bits per heavy atom. The summed E-state index contributed by atoms with van der Waals surface area (Å²) < 4.78 is 11.3. The van der Waals surface area contributed by atoms with E-state index in [1.54, 1.807) is 6.26 Å². The SMILES string of the molecule is O=C(O)/C=C/C(=O)O.c1coc(-c2ccc(OC3CN4CCC3CC4)nn2)c1. The summed E-state index contributed by atoms with van der Waals surface area (Å²) in [6, 6.07) is 7.48. The average Bonchev–Trinajstić information content (AvgIpc) is 3.23. The molecule has 3 saturated heterocycles. The van der Waals surface area contributed by atoms with Gasteiger partial charge in [0.25, 0.3) is 0 Å². The first-order valence-corrected chi connectivity index (χ1v) is 8.92. The van der Waals surface area contributed by atoms with E-state index in [1.807, 2.05) is 24.3 Å². The Morgan fingerprint density at radius 1 is 1.11 bits per heavy atom. The monoisotopic (exact) mass is 387 g/mol. The van der Waals surface area contributed by atoms with Crippen molar-refractivity contribution in [1.82, 2.24) is 15.1 Å². The molecule has 2 aromatic heterocycles. The van der Waals surface area contributed by atoms with Crippen LogP contribution in [0.4, 0.5) is 0 Å². The molecule has 0 radical (unpaired) electrons. The van der Waals surface area contributed by atoms with Crippen LogP contribution in [0.3, 0.4) is 0 Å². The second kappa shape index (κ2) is 9.14. The zero-order valence-electron chi connectivity index (χ0n) is 15.1. The minimum Gasteiger partial charge on any atom is -0.478 e. The highest BCUT2D eigenvalue weighted by Gasteiger charge is 2.35. The number of aliphatic carboxylic acids is 2. The standard InChI is InChI=1S/C15H17N3O2.C4H4O4/c1-2-13(19-9-1)12-3-4-15(17-16-12)20-14-10-18-7-5-11(14)6-8-18;5-3(6)1-2-4(7)8/h1-4,9,11,14H,5-8,10H2;1-2H,(H,5,6)(H,7,8)/b;2-1+. The van der Waals surface area contributed by atoms with Crippen molar-refractivity contribution < 1.29 is 29.0 Å². The van der Waals surface area contributed by atoms with Crippen LogP contribution in [0, 0.1) is 5.92 Å². The van der Waals surface area contributed by atoms with Crippen LogP contribution in [0.5, 0.6) is 5.88 Å². The fourth-order valence-corrected chi connectivity index (χ4v) is 3.28. The number of nitrogens with zero attached hydrogens (tertiary/aromatic N) is 3. The minimum absolute atomic E-state index is 0.265. The molecular formula is C19H21N3O6. The van der Waals surface area contributed by atoms with E-state index in [2.05, 4.69) is 15.1 Å². The molecule has 0 saturated carbocycles. The average molecular weight is 387 g/mol. The summed E-state index contributed by atoms with van der Waals surface area (Å²) in [6.07, 6.45) is 5.49. The van der Waals surface area contributed by atoms with Gasteiger partial charge in [-0.2, -0.15) is 0 Å². The number of aromatic nitrogens is 2. The van der Waals surface area contributed by atoms with Crippen molar-refractivity contribution in [3.05, 3.63) is 42.7 Å². The van der Waals surface area contributed by atoms with E-state index in [-0.39, 0.29) is 6.10 Å². The highest BCUT2D eigenvalue weighted by atomic mass is 16.5. The number of hydrogen-bond donors (Lipinski definition) is 2. The van der Waals surface area contributed by atoms with Gasteiger partial charge in [-0.05, 0) is 50.0 Å². The molecule has 9 nitrogen and oxygen atoms in total. The van der Waals surface area contributed by atoms with Gasteiger partial charge in [-0.25, -0.2) is 9.59 Å². The Morgan fingerprint density at radius 2 is 1.82 bits per heavy atom. The molecule has 2 N–H and O–H groups in total. The highest BCUT2D eigenvalue weighted by molar-refractivity contribution is 5.89. The topological polar surface area (TPSA) is 126 Å². The van der Waals surface area contributed by atoms with Crippen molar-refractivity contribution in [3.63, 3.8) is 0 Å². The second-order valence-electron chi connectivity index (χ2n) is 6.54. The molecule has 28 heavy (non-hydrogen) atoms. The fourth-order valence-electron chi connectivity index (χ4n) is 3.28. The number of furan rings is 1. The number of piperidine rings is 3. The summed E-state index contributed by atoms with van der Waals surface area (Å²) in [5, 5.41) is 24.0. The molecule has 1 atom stereocenters. The van der Waals surface area contributed by atoms with E-state index in [4.69, 9.17) is 19.4 Å². The third kappa shape index (κ3) is 5.40. The molecule has 5 heterocycles. The molecule has 3 aliphatic rings. The van der Waals surface area contributed by atoms with E-state index in [0.29, 0.717) is 23.9 Å². The summed E-state index contributed by atoms with van der Waals surface area (Å²) in [5.74, 6) is -0.503. The van der Waals surface area contributed by atoms with Gasteiger partial charge in [0.2, 0.25) is 5.88 Å². The van der Waals surface area contributed by atoms with Gasteiger partial charge in [0.05, 0.1) is 6.26 Å². The van der Waals surface area contributed by atoms with Gasteiger partial charge in [0.15, 0.2) is 5.76 Å². The van der Waals surface area contributed by atoms with Crippen LogP contribution >= 0.6 is 0 Å². The Balaban J connectivity index is 0.000000242. The van der Waals surface area contributed by atoms with Gasteiger partial charge >= 0.3 is 11.9 Å². The molecular weight excluding hydrogens is 366 g/mol. The first kappa shape index (κ1) is 19.6. The zero-order valence-corrected chi connectivity index (χ0v) is 15.1. The van der Waals surface area contributed by atoms with Crippen LogP contribution in [-0.2, 0) is 9.59 Å².